The summed E-state index contributed by atoms with van der Waals surface area (Å²) in [6, 6.07) is 0.567. The van der Waals surface area contributed by atoms with Crippen LogP contribution < -0.4 is 10.6 Å². The van der Waals surface area contributed by atoms with Crippen LogP contribution in [0.5, 0.6) is 0 Å². The molecule has 0 aliphatic heterocycles. The van der Waals surface area contributed by atoms with E-state index in [4.69, 9.17) is 12.2 Å². The molecule has 0 bridgehead atoms. The molecule has 0 radical (unpaired) electrons. The van der Waals surface area contributed by atoms with Crippen molar-refractivity contribution in [3.63, 3.8) is 0 Å². The van der Waals surface area contributed by atoms with Gasteiger partial charge in [0.1, 0.15) is 5.82 Å². The van der Waals surface area contributed by atoms with Crippen molar-refractivity contribution >= 4 is 29.1 Å². The van der Waals surface area contributed by atoms with E-state index in [1.54, 1.807) is 11.8 Å². The topological polar surface area (TPSA) is 54.8 Å². The van der Waals surface area contributed by atoms with Gasteiger partial charge in [-0.1, -0.05) is 44.9 Å². The molecule has 1 heterocycles. The van der Waals surface area contributed by atoms with Crippen LogP contribution >= 0.6 is 24.0 Å². The van der Waals surface area contributed by atoms with Crippen LogP contribution in [0.4, 0.5) is 0 Å². The van der Waals surface area contributed by atoms with Gasteiger partial charge < -0.3 is 15.2 Å². The number of hydrogen-bond acceptors (Lipinski definition) is 4. The van der Waals surface area contributed by atoms with E-state index in [-0.39, 0.29) is 0 Å². The van der Waals surface area contributed by atoms with Gasteiger partial charge in [-0.15, -0.1) is 10.2 Å². The minimum atomic E-state index is 0.567. The van der Waals surface area contributed by atoms with Gasteiger partial charge in [-0.3, -0.25) is 0 Å². The average Bonchev–Trinajstić information content (AvgIpc) is 2.93. The predicted octanol–water partition coefficient (Wildman–Crippen LogP) is 3.39. The summed E-state index contributed by atoms with van der Waals surface area (Å²) in [5.74, 6) is 1.68. The van der Waals surface area contributed by atoms with E-state index in [9.17, 15) is 0 Å². The molecular formula is C17H31N5S2. The van der Waals surface area contributed by atoms with Gasteiger partial charge in [0.25, 0.3) is 0 Å². The van der Waals surface area contributed by atoms with Crippen molar-refractivity contribution in [2.45, 2.75) is 76.5 Å². The second-order valence-electron chi connectivity index (χ2n) is 6.95. The summed E-state index contributed by atoms with van der Waals surface area (Å²) in [4.78, 5) is 0. The molecule has 24 heavy (non-hydrogen) atoms. The maximum atomic E-state index is 5.41. The van der Waals surface area contributed by atoms with Crippen LogP contribution in [0.2, 0.25) is 0 Å². The van der Waals surface area contributed by atoms with Crippen LogP contribution in [-0.4, -0.2) is 38.7 Å². The van der Waals surface area contributed by atoms with Gasteiger partial charge in [-0.2, -0.15) is 0 Å². The first-order valence-corrected chi connectivity index (χ1v) is 10.7. The molecule has 0 amide bonds. The molecule has 0 atom stereocenters. The van der Waals surface area contributed by atoms with Crippen molar-refractivity contribution < 1.29 is 0 Å². The standard InChI is InChI=1S/C17H31N5S2/c1-13(2)12-22-15(20-21-17(22)24-3)10-7-11-18-16(23)19-14-8-5-4-6-9-14/h13-14H,4-12H2,1-3H3,(H2,18,19,23). The molecule has 0 aromatic carbocycles. The number of hydrogen-bond donors (Lipinski definition) is 2. The molecule has 5 nitrogen and oxygen atoms in total. The highest BCUT2D eigenvalue weighted by Crippen LogP contribution is 2.18. The fraction of sp³-hybridized carbons (Fsp3) is 0.824. The third kappa shape index (κ3) is 6.24. The molecule has 2 rings (SSSR count). The van der Waals surface area contributed by atoms with Gasteiger partial charge in [0.2, 0.25) is 0 Å². The monoisotopic (exact) mass is 369 g/mol. The maximum Gasteiger partial charge on any atom is 0.190 e. The first-order chi connectivity index (χ1) is 11.6. The van der Waals surface area contributed by atoms with E-state index in [0.717, 1.165) is 42.0 Å². The van der Waals surface area contributed by atoms with Gasteiger partial charge in [-0.25, -0.2) is 0 Å². The molecule has 1 aromatic rings. The largest absolute Gasteiger partial charge is 0.363 e. The first kappa shape index (κ1) is 19.5. The molecule has 2 N–H and O–H groups in total. The Kier molecular flexibility index (Phi) is 8.32. The second-order valence-corrected chi connectivity index (χ2v) is 8.13. The lowest BCUT2D eigenvalue weighted by molar-refractivity contribution is 0.412. The zero-order chi connectivity index (χ0) is 17.4. The normalized spacial score (nSPS) is 15.7. The molecule has 1 saturated carbocycles. The van der Waals surface area contributed by atoms with E-state index in [1.165, 1.54) is 32.1 Å². The molecule has 1 fully saturated rings. The zero-order valence-electron chi connectivity index (χ0n) is 15.2. The summed E-state index contributed by atoms with van der Waals surface area (Å²) >= 11 is 7.08. The highest BCUT2D eigenvalue weighted by atomic mass is 32.2. The van der Waals surface area contributed by atoms with Crippen LogP contribution in [0, 0.1) is 5.92 Å². The lowest BCUT2D eigenvalue weighted by Gasteiger charge is -2.24. The molecule has 7 heteroatoms. The van der Waals surface area contributed by atoms with Crippen LogP contribution in [-0.2, 0) is 13.0 Å². The second kappa shape index (κ2) is 10.2. The Labute approximate surface area is 155 Å². The summed E-state index contributed by atoms with van der Waals surface area (Å²) in [6.07, 6.45) is 10.5. The van der Waals surface area contributed by atoms with E-state index in [2.05, 4.69) is 45.5 Å². The summed E-state index contributed by atoms with van der Waals surface area (Å²) in [5.41, 5.74) is 0. The third-order valence-electron chi connectivity index (χ3n) is 4.33. The van der Waals surface area contributed by atoms with Crippen molar-refractivity contribution in [2.24, 2.45) is 5.92 Å². The van der Waals surface area contributed by atoms with Gasteiger partial charge in [-0.05, 0) is 43.7 Å². The van der Waals surface area contributed by atoms with Gasteiger partial charge in [0.15, 0.2) is 10.3 Å². The Morgan fingerprint density at radius 2 is 2.04 bits per heavy atom. The first-order valence-electron chi connectivity index (χ1n) is 9.10. The fourth-order valence-corrected chi connectivity index (χ4v) is 3.93. The molecule has 0 spiro atoms. The number of aromatic nitrogens is 3. The molecule has 0 unspecified atom stereocenters. The average molecular weight is 370 g/mol. The summed E-state index contributed by atoms with van der Waals surface area (Å²) < 4.78 is 2.26. The summed E-state index contributed by atoms with van der Waals surface area (Å²) in [7, 11) is 0. The number of nitrogens with one attached hydrogen (secondary N) is 2. The summed E-state index contributed by atoms with van der Waals surface area (Å²) in [5, 5.41) is 17.3. The van der Waals surface area contributed by atoms with Crippen molar-refractivity contribution in [3.8, 4) is 0 Å². The number of rotatable bonds is 8. The number of aryl methyl sites for hydroxylation is 1. The highest BCUT2D eigenvalue weighted by Gasteiger charge is 2.14. The summed E-state index contributed by atoms with van der Waals surface area (Å²) in [6.45, 7) is 6.31. The molecule has 1 aliphatic rings. The van der Waals surface area contributed by atoms with Crippen LogP contribution in [0.15, 0.2) is 5.16 Å². The number of nitrogens with zero attached hydrogens (tertiary/aromatic N) is 3. The van der Waals surface area contributed by atoms with Crippen molar-refractivity contribution in [1.82, 2.24) is 25.4 Å². The van der Waals surface area contributed by atoms with Crippen LogP contribution in [0.1, 0.15) is 58.2 Å². The van der Waals surface area contributed by atoms with E-state index >= 15 is 0 Å². The van der Waals surface area contributed by atoms with Crippen molar-refractivity contribution in [1.29, 1.82) is 0 Å². The Morgan fingerprint density at radius 3 is 2.71 bits per heavy atom. The highest BCUT2D eigenvalue weighted by molar-refractivity contribution is 7.98. The van der Waals surface area contributed by atoms with E-state index in [0.29, 0.717) is 12.0 Å². The smallest absolute Gasteiger partial charge is 0.190 e. The van der Waals surface area contributed by atoms with Crippen LogP contribution in [0.25, 0.3) is 0 Å². The molecule has 1 aromatic heterocycles. The Bertz CT molecular complexity index is 509. The number of thioether (sulfide) groups is 1. The SMILES string of the molecule is CSc1nnc(CCCNC(=S)NC2CCCCC2)n1CC(C)C. The predicted molar refractivity (Wildman–Crippen MR) is 106 cm³/mol. The lowest BCUT2D eigenvalue weighted by Crippen LogP contribution is -2.43. The quantitative estimate of drug-likeness (QED) is 0.416. The zero-order valence-corrected chi connectivity index (χ0v) is 16.8. The van der Waals surface area contributed by atoms with Crippen LogP contribution in [0.3, 0.4) is 0 Å². The minimum absolute atomic E-state index is 0.567. The van der Waals surface area contributed by atoms with Crippen molar-refractivity contribution in [3.05, 3.63) is 5.82 Å². The lowest BCUT2D eigenvalue weighted by atomic mass is 9.96. The van der Waals surface area contributed by atoms with Gasteiger partial charge in [0.05, 0.1) is 0 Å². The Hall–Kier alpha value is -0.820. The van der Waals surface area contributed by atoms with Gasteiger partial charge in [0, 0.05) is 25.6 Å². The fourth-order valence-electron chi connectivity index (χ4n) is 3.14. The minimum Gasteiger partial charge on any atom is -0.363 e. The molecule has 0 saturated heterocycles. The molecule has 136 valence electrons. The van der Waals surface area contributed by atoms with Crippen molar-refractivity contribution in [2.75, 3.05) is 12.8 Å². The Balaban J connectivity index is 1.71. The Morgan fingerprint density at radius 1 is 1.29 bits per heavy atom. The molecular weight excluding hydrogens is 338 g/mol. The van der Waals surface area contributed by atoms with Gasteiger partial charge >= 0.3 is 0 Å². The maximum absolute atomic E-state index is 5.41. The van der Waals surface area contributed by atoms with E-state index in [1.807, 2.05) is 0 Å². The molecule has 1 aliphatic carbocycles. The number of thiocarbonyl (C=S) groups is 1. The van der Waals surface area contributed by atoms with E-state index < -0.39 is 0 Å². The third-order valence-corrected chi connectivity index (χ3v) is 5.26.